The zero-order valence-corrected chi connectivity index (χ0v) is 14.4. The summed E-state index contributed by atoms with van der Waals surface area (Å²) in [6, 6.07) is 9.75. The van der Waals surface area contributed by atoms with Gasteiger partial charge in [0, 0.05) is 10.0 Å². The normalized spacial score (nSPS) is 10.3. The van der Waals surface area contributed by atoms with Crippen molar-refractivity contribution in [2.75, 3.05) is 6.54 Å². The lowest BCUT2D eigenvalue weighted by Crippen LogP contribution is -2.13. The summed E-state index contributed by atoms with van der Waals surface area (Å²) in [5.41, 5.74) is 0.921. The van der Waals surface area contributed by atoms with Crippen molar-refractivity contribution in [3.05, 3.63) is 45.6 Å². The van der Waals surface area contributed by atoms with E-state index < -0.39 is 0 Å². The van der Waals surface area contributed by atoms with Gasteiger partial charge in [0.15, 0.2) is 0 Å². The molecule has 0 aliphatic heterocycles. The third-order valence-electron chi connectivity index (χ3n) is 2.86. The molecule has 2 nitrogen and oxygen atoms in total. The Morgan fingerprint density at radius 3 is 2.75 bits per heavy atom. The Morgan fingerprint density at radius 1 is 1.25 bits per heavy atom. The zero-order chi connectivity index (χ0) is 13.7. The van der Waals surface area contributed by atoms with Gasteiger partial charge in [0.25, 0.3) is 0 Å². The van der Waals surface area contributed by atoms with E-state index in [2.05, 4.69) is 28.2 Å². The third-order valence-corrected chi connectivity index (χ3v) is 3.67. The van der Waals surface area contributed by atoms with Gasteiger partial charge < -0.3 is 9.73 Å². The summed E-state index contributed by atoms with van der Waals surface area (Å²) in [5.74, 6) is 1.75. The van der Waals surface area contributed by atoms with E-state index in [1.165, 1.54) is 12.8 Å². The second-order valence-electron chi connectivity index (χ2n) is 4.42. The van der Waals surface area contributed by atoms with Crippen LogP contribution in [0.3, 0.4) is 0 Å². The highest BCUT2D eigenvalue weighted by molar-refractivity contribution is 9.10. The molecular weight excluding hydrogens is 361 g/mol. The average Bonchev–Trinajstić information content (AvgIpc) is 2.83. The first-order valence-corrected chi connectivity index (χ1v) is 7.62. The Bertz CT molecular complexity index is 542. The predicted molar refractivity (Wildman–Crippen MR) is 90.7 cm³/mol. The van der Waals surface area contributed by atoms with Gasteiger partial charge in [-0.2, -0.15) is 0 Å². The lowest BCUT2D eigenvalue weighted by Gasteiger charge is -2.02. The number of rotatable bonds is 6. The van der Waals surface area contributed by atoms with Crippen molar-refractivity contribution in [2.45, 2.75) is 26.3 Å². The minimum atomic E-state index is 0. The highest BCUT2D eigenvalue weighted by Gasteiger charge is 2.08. The van der Waals surface area contributed by atoms with Crippen molar-refractivity contribution in [1.29, 1.82) is 0 Å². The number of hydrogen-bond donors (Lipinski definition) is 1. The zero-order valence-electron chi connectivity index (χ0n) is 11.3. The highest BCUT2D eigenvalue weighted by Crippen LogP contribution is 2.31. The Kier molecular flexibility index (Phi) is 7.67. The van der Waals surface area contributed by atoms with Gasteiger partial charge in [-0.3, -0.25) is 0 Å². The van der Waals surface area contributed by atoms with Crippen LogP contribution in [0, 0.1) is 0 Å². The number of furan rings is 1. The van der Waals surface area contributed by atoms with Gasteiger partial charge >= 0.3 is 0 Å². The molecule has 0 amide bonds. The molecule has 1 aromatic heterocycles. The van der Waals surface area contributed by atoms with Gasteiger partial charge in [-0.1, -0.05) is 40.9 Å². The summed E-state index contributed by atoms with van der Waals surface area (Å²) in [4.78, 5) is 0. The van der Waals surface area contributed by atoms with E-state index in [1.807, 2.05) is 30.3 Å². The summed E-state index contributed by atoms with van der Waals surface area (Å²) in [7, 11) is 0. The summed E-state index contributed by atoms with van der Waals surface area (Å²) in [5, 5.41) is 4.05. The molecule has 1 N–H and O–H groups in total. The van der Waals surface area contributed by atoms with Crippen LogP contribution in [0.15, 0.2) is 39.2 Å². The molecule has 0 aliphatic rings. The molecule has 2 aromatic rings. The molecule has 0 fully saturated rings. The Labute approximate surface area is 139 Å². The lowest BCUT2D eigenvalue weighted by atomic mass is 10.2. The van der Waals surface area contributed by atoms with Gasteiger partial charge in [-0.05, 0) is 43.3 Å². The molecule has 0 atom stereocenters. The second-order valence-corrected chi connectivity index (χ2v) is 5.74. The van der Waals surface area contributed by atoms with Gasteiger partial charge in [0.1, 0.15) is 11.5 Å². The summed E-state index contributed by atoms with van der Waals surface area (Å²) >= 11 is 9.61. The fourth-order valence-electron chi connectivity index (χ4n) is 1.82. The minimum absolute atomic E-state index is 0. The number of hydrogen-bond acceptors (Lipinski definition) is 2. The summed E-state index contributed by atoms with van der Waals surface area (Å²) in [6.45, 7) is 3.96. The maximum atomic E-state index is 6.21. The molecule has 0 saturated carbocycles. The van der Waals surface area contributed by atoms with Crippen LogP contribution < -0.4 is 5.32 Å². The summed E-state index contributed by atoms with van der Waals surface area (Å²) < 4.78 is 6.78. The molecule has 0 aliphatic carbocycles. The minimum Gasteiger partial charge on any atom is -0.460 e. The summed E-state index contributed by atoms with van der Waals surface area (Å²) in [6.07, 6.45) is 2.39. The molecule has 2 rings (SSSR count). The largest absolute Gasteiger partial charge is 0.460 e. The van der Waals surface area contributed by atoms with Crippen molar-refractivity contribution >= 4 is 39.9 Å². The van der Waals surface area contributed by atoms with Crippen LogP contribution in [-0.2, 0) is 6.54 Å². The van der Waals surface area contributed by atoms with E-state index in [0.717, 1.165) is 34.6 Å². The SMILES string of the molecule is CCCCNCc1ccc(-c2ccc(Br)cc2Cl)o1.Cl. The fourth-order valence-corrected chi connectivity index (χ4v) is 2.59. The van der Waals surface area contributed by atoms with Crippen LogP contribution in [0.5, 0.6) is 0 Å². The van der Waals surface area contributed by atoms with Crippen LogP contribution >= 0.6 is 39.9 Å². The van der Waals surface area contributed by atoms with Crippen molar-refractivity contribution in [2.24, 2.45) is 0 Å². The number of benzene rings is 1. The topological polar surface area (TPSA) is 25.2 Å². The maximum absolute atomic E-state index is 6.21. The molecule has 0 spiro atoms. The van der Waals surface area contributed by atoms with Crippen molar-refractivity contribution in [1.82, 2.24) is 5.32 Å². The lowest BCUT2D eigenvalue weighted by molar-refractivity contribution is 0.490. The van der Waals surface area contributed by atoms with E-state index in [0.29, 0.717) is 5.02 Å². The van der Waals surface area contributed by atoms with E-state index in [1.54, 1.807) is 0 Å². The first-order valence-electron chi connectivity index (χ1n) is 6.45. The molecular formula is C15H18BrCl2NO. The Balaban J connectivity index is 0.00000200. The molecule has 110 valence electrons. The van der Waals surface area contributed by atoms with Gasteiger partial charge in [0.05, 0.1) is 11.6 Å². The quantitative estimate of drug-likeness (QED) is 0.654. The molecule has 20 heavy (non-hydrogen) atoms. The average molecular weight is 379 g/mol. The first-order chi connectivity index (χ1) is 9.20. The van der Waals surface area contributed by atoms with Crippen LogP contribution in [0.25, 0.3) is 11.3 Å². The van der Waals surface area contributed by atoms with E-state index in [9.17, 15) is 0 Å². The van der Waals surface area contributed by atoms with Crippen molar-refractivity contribution < 1.29 is 4.42 Å². The first kappa shape index (κ1) is 17.6. The number of halogens is 3. The predicted octanol–water partition coefficient (Wildman–Crippen LogP) is 5.67. The Morgan fingerprint density at radius 2 is 2.05 bits per heavy atom. The molecule has 0 saturated heterocycles. The monoisotopic (exact) mass is 377 g/mol. The molecule has 1 heterocycles. The van der Waals surface area contributed by atoms with Crippen molar-refractivity contribution in [3.8, 4) is 11.3 Å². The number of nitrogens with one attached hydrogen (secondary N) is 1. The number of unbranched alkanes of at least 4 members (excludes halogenated alkanes) is 1. The van der Waals surface area contributed by atoms with Crippen LogP contribution in [0.4, 0.5) is 0 Å². The van der Waals surface area contributed by atoms with Gasteiger partial charge in [-0.25, -0.2) is 0 Å². The fraction of sp³-hybridized carbons (Fsp3) is 0.333. The van der Waals surface area contributed by atoms with E-state index in [4.69, 9.17) is 16.0 Å². The van der Waals surface area contributed by atoms with Crippen LogP contribution in [0.1, 0.15) is 25.5 Å². The molecule has 0 radical (unpaired) electrons. The molecule has 5 heteroatoms. The van der Waals surface area contributed by atoms with Gasteiger partial charge in [-0.15, -0.1) is 12.4 Å². The third kappa shape index (κ3) is 4.81. The standard InChI is InChI=1S/C15H17BrClNO.ClH/c1-2-3-8-18-10-12-5-7-15(19-12)13-6-4-11(16)9-14(13)17;/h4-7,9,18H,2-3,8,10H2,1H3;1H. The van der Waals surface area contributed by atoms with Crippen molar-refractivity contribution in [3.63, 3.8) is 0 Å². The van der Waals surface area contributed by atoms with Crippen LogP contribution in [0.2, 0.25) is 5.02 Å². The molecule has 0 unspecified atom stereocenters. The second kappa shape index (κ2) is 8.73. The highest BCUT2D eigenvalue weighted by atomic mass is 79.9. The van der Waals surface area contributed by atoms with Gasteiger partial charge in [0.2, 0.25) is 0 Å². The van der Waals surface area contributed by atoms with E-state index in [-0.39, 0.29) is 12.4 Å². The van der Waals surface area contributed by atoms with E-state index >= 15 is 0 Å². The molecule has 0 bridgehead atoms. The smallest absolute Gasteiger partial charge is 0.135 e. The maximum Gasteiger partial charge on any atom is 0.135 e. The molecule has 1 aromatic carbocycles. The Hall–Kier alpha value is -0.480. The van der Waals surface area contributed by atoms with Crippen LogP contribution in [-0.4, -0.2) is 6.54 Å².